The third kappa shape index (κ3) is 3.14. The van der Waals surface area contributed by atoms with E-state index in [2.05, 4.69) is 27.8 Å². The zero-order chi connectivity index (χ0) is 12.1. The third-order valence-corrected chi connectivity index (χ3v) is 3.17. The smallest absolute Gasteiger partial charge is 0.179 e. The molecule has 0 radical (unpaired) electrons. The third-order valence-electron chi connectivity index (χ3n) is 1.91. The van der Waals surface area contributed by atoms with E-state index in [4.69, 9.17) is 11.6 Å². The number of hydrogen-bond acceptors (Lipinski definition) is 2. The second kappa shape index (κ2) is 6.13. The lowest BCUT2D eigenvalue weighted by Gasteiger charge is -2.05. The lowest BCUT2D eigenvalue weighted by atomic mass is 10.1. The Balaban J connectivity index is 2.84. The van der Waals surface area contributed by atoms with Crippen molar-refractivity contribution in [1.29, 1.82) is 0 Å². The molecule has 2 nitrogen and oxygen atoms in total. The van der Waals surface area contributed by atoms with E-state index >= 15 is 0 Å². The second-order valence-corrected chi connectivity index (χ2v) is 4.30. The highest BCUT2D eigenvalue weighted by Gasteiger charge is 2.15. The molecule has 1 aromatic rings. The van der Waals surface area contributed by atoms with Crippen LogP contribution in [0, 0.1) is 5.82 Å². The summed E-state index contributed by atoms with van der Waals surface area (Å²) in [6.45, 7) is 4.05. The molecule has 0 aromatic heterocycles. The molecule has 0 saturated heterocycles. The Hall–Kier alpha value is -0.710. The van der Waals surface area contributed by atoms with Crippen LogP contribution in [-0.4, -0.2) is 18.9 Å². The number of hydrogen-bond donors (Lipinski definition) is 1. The van der Waals surface area contributed by atoms with E-state index in [0.29, 0.717) is 11.0 Å². The van der Waals surface area contributed by atoms with Crippen molar-refractivity contribution in [2.75, 3.05) is 13.1 Å². The largest absolute Gasteiger partial charge is 0.306 e. The molecular formula is C11H10BrClFNO. The first-order chi connectivity index (χ1) is 7.57. The van der Waals surface area contributed by atoms with Crippen LogP contribution in [-0.2, 0) is 0 Å². The zero-order valence-corrected chi connectivity index (χ0v) is 10.7. The van der Waals surface area contributed by atoms with E-state index in [1.165, 1.54) is 6.07 Å². The molecule has 0 amide bonds. The maximum atomic E-state index is 13.6. The molecule has 0 fully saturated rings. The van der Waals surface area contributed by atoms with Crippen LogP contribution < -0.4 is 5.32 Å². The van der Waals surface area contributed by atoms with Crippen molar-refractivity contribution in [3.8, 4) is 0 Å². The molecule has 0 aliphatic carbocycles. The SMILES string of the molecule is C=CCNCC(=O)c1ccc(Br)c(Cl)c1F. The Bertz CT molecular complexity index is 423. The summed E-state index contributed by atoms with van der Waals surface area (Å²) in [6, 6.07) is 2.95. The summed E-state index contributed by atoms with van der Waals surface area (Å²) in [5.41, 5.74) is -0.00948. The average molecular weight is 307 g/mol. The zero-order valence-electron chi connectivity index (χ0n) is 8.40. The summed E-state index contributed by atoms with van der Waals surface area (Å²) in [5.74, 6) is -1.03. The van der Waals surface area contributed by atoms with Crippen LogP contribution in [0.1, 0.15) is 10.4 Å². The minimum absolute atomic E-state index is 0.00948. The molecule has 16 heavy (non-hydrogen) atoms. The van der Waals surface area contributed by atoms with Gasteiger partial charge in [-0.3, -0.25) is 4.79 Å². The molecule has 1 N–H and O–H groups in total. The molecule has 86 valence electrons. The van der Waals surface area contributed by atoms with E-state index in [1.54, 1.807) is 12.1 Å². The highest BCUT2D eigenvalue weighted by molar-refractivity contribution is 9.10. The molecule has 0 unspecified atom stereocenters. The van der Waals surface area contributed by atoms with Crippen LogP contribution in [0.3, 0.4) is 0 Å². The lowest BCUT2D eigenvalue weighted by Crippen LogP contribution is -2.23. The molecule has 1 aromatic carbocycles. The highest BCUT2D eigenvalue weighted by atomic mass is 79.9. The van der Waals surface area contributed by atoms with Gasteiger partial charge >= 0.3 is 0 Å². The summed E-state index contributed by atoms with van der Waals surface area (Å²) in [7, 11) is 0. The van der Waals surface area contributed by atoms with Gasteiger partial charge in [-0.2, -0.15) is 0 Å². The number of benzene rings is 1. The number of carbonyl (C=O) groups is 1. The first-order valence-electron chi connectivity index (χ1n) is 4.56. The van der Waals surface area contributed by atoms with E-state index in [9.17, 15) is 9.18 Å². The number of nitrogens with one attached hydrogen (secondary N) is 1. The maximum absolute atomic E-state index is 13.6. The predicted molar refractivity (Wildman–Crippen MR) is 66.5 cm³/mol. The van der Waals surface area contributed by atoms with Crippen molar-refractivity contribution in [2.45, 2.75) is 0 Å². The lowest BCUT2D eigenvalue weighted by molar-refractivity contribution is 0.0988. The molecule has 0 atom stereocenters. The van der Waals surface area contributed by atoms with Crippen molar-refractivity contribution >= 4 is 33.3 Å². The molecular weight excluding hydrogens is 296 g/mol. The maximum Gasteiger partial charge on any atom is 0.179 e. The number of rotatable bonds is 5. The number of halogens is 3. The second-order valence-electron chi connectivity index (χ2n) is 3.07. The van der Waals surface area contributed by atoms with Crippen molar-refractivity contribution < 1.29 is 9.18 Å². The first kappa shape index (κ1) is 13.4. The van der Waals surface area contributed by atoms with Crippen LogP contribution >= 0.6 is 27.5 Å². The van der Waals surface area contributed by atoms with Gasteiger partial charge in [0.2, 0.25) is 0 Å². The fraction of sp³-hybridized carbons (Fsp3) is 0.182. The molecule has 0 saturated carbocycles. The summed E-state index contributed by atoms with van der Waals surface area (Å²) in [4.78, 5) is 11.6. The monoisotopic (exact) mass is 305 g/mol. The molecule has 0 spiro atoms. The summed E-state index contributed by atoms with van der Waals surface area (Å²) < 4.78 is 14.0. The Kier molecular flexibility index (Phi) is 5.12. The Morgan fingerprint density at radius 1 is 1.62 bits per heavy atom. The van der Waals surface area contributed by atoms with Gasteiger partial charge in [0, 0.05) is 11.0 Å². The van der Waals surface area contributed by atoms with E-state index in [-0.39, 0.29) is 22.9 Å². The standard InChI is InChI=1S/C11H10BrClFNO/c1-2-5-15-6-9(16)7-3-4-8(12)10(13)11(7)14/h2-4,15H,1,5-6H2. The van der Waals surface area contributed by atoms with Gasteiger partial charge in [-0.25, -0.2) is 4.39 Å². The fourth-order valence-corrected chi connectivity index (χ4v) is 1.60. The Morgan fingerprint density at radius 2 is 2.31 bits per heavy atom. The average Bonchev–Trinajstić information content (AvgIpc) is 2.26. The van der Waals surface area contributed by atoms with Gasteiger partial charge in [-0.05, 0) is 28.1 Å². The van der Waals surface area contributed by atoms with Gasteiger partial charge in [0.1, 0.15) is 0 Å². The number of carbonyl (C=O) groups excluding carboxylic acids is 1. The normalized spacial score (nSPS) is 10.2. The molecule has 1 rings (SSSR count). The van der Waals surface area contributed by atoms with Crippen LogP contribution in [0.2, 0.25) is 5.02 Å². The van der Waals surface area contributed by atoms with Gasteiger partial charge in [0.05, 0.1) is 17.1 Å². The Morgan fingerprint density at radius 3 is 2.94 bits per heavy atom. The van der Waals surface area contributed by atoms with Crippen molar-refractivity contribution in [3.63, 3.8) is 0 Å². The fourth-order valence-electron chi connectivity index (χ4n) is 1.12. The predicted octanol–water partition coefficient (Wildman–Crippen LogP) is 3.20. The first-order valence-corrected chi connectivity index (χ1v) is 5.73. The molecule has 0 aliphatic heterocycles. The van der Waals surface area contributed by atoms with Crippen LogP contribution in [0.5, 0.6) is 0 Å². The van der Waals surface area contributed by atoms with Crippen LogP contribution in [0.25, 0.3) is 0 Å². The quantitative estimate of drug-likeness (QED) is 0.392. The van der Waals surface area contributed by atoms with E-state index < -0.39 is 5.82 Å². The number of Topliss-reactive ketones (excluding diaryl/α,β-unsaturated/α-hetero) is 1. The minimum Gasteiger partial charge on any atom is -0.306 e. The van der Waals surface area contributed by atoms with Gasteiger partial charge < -0.3 is 5.32 Å². The van der Waals surface area contributed by atoms with Gasteiger partial charge in [-0.15, -0.1) is 6.58 Å². The summed E-state index contributed by atoms with van der Waals surface area (Å²) in [6.07, 6.45) is 1.62. The molecule has 0 aliphatic rings. The van der Waals surface area contributed by atoms with Gasteiger partial charge in [-0.1, -0.05) is 17.7 Å². The molecule has 0 bridgehead atoms. The van der Waals surface area contributed by atoms with E-state index in [1.807, 2.05) is 0 Å². The topological polar surface area (TPSA) is 29.1 Å². The van der Waals surface area contributed by atoms with Crippen molar-refractivity contribution in [1.82, 2.24) is 5.32 Å². The highest BCUT2D eigenvalue weighted by Crippen LogP contribution is 2.27. The van der Waals surface area contributed by atoms with Gasteiger partial charge in [0.25, 0.3) is 0 Å². The minimum atomic E-state index is -0.693. The van der Waals surface area contributed by atoms with Crippen molar-refractivity contribution in [2.24, 2.45) is 0 Å². The number of ketones is 1. The van der Waals surface area contributed by atoms with Crippen LogP contribution in [0.15, 0.2) is 29.3 Å². The molecule has 5 heteroatoms. The summed E-state index contributed by atoms with van der Waals surface area (Å²) >= 11 is 8.76. The van der Waals surface area contributed by atoms with Gasteiger partial charge in [0.15, 0.2) is 11.6 Å². The summed E-state index contributed by atoms with van der Waals surface area (Å²) in [5, 5.41) is 2.73. The van der Waals surface area contributed by atoms with E-state index in [0.717, 1.165) is 0 Å². The Labute approximate surface area is 107 Å². The molecule has 0 heterocycles. The van der Waals surface area contributed by atoms with Crippen LogP contribution in [0.4, 0.5) is 4.39 Å². The van der Waals surface area contributed by atoms with Crippen molar-refractivity contribution in [3.05, 3.63) is 45.7 Å².